The largest absolute Gasteiger partial charge is 0.337 e. The van der Waals surface area contributed by atoms with E-state index in [1.54, 1.807) is 6.08 Å². The van der Waals surface area contributed by atoms with Gasteiger partial charge in [-0.15, -0.1) is 0 Å². The smallest absolute Gasteiger partial charge is 0.253 e. The van der Waals surface area contributed by atoms with Gasteiger partial charge in [-0.25, -0.2) is 0 Å². The van der Waals surface area contributed by atoms with Crippen LogP contribution in [0.2, 0.25) is 0 Å². The third-order valence-electron chi connectivity index (χ3n) is 4.09. The summed E-state index contributed by atoms with van der Waals surface area (Å²) in [4.78, 5) is 30.6. The quantitative estimate of drug-likeness (QED) is 0.791. The van der Waals surface area contributed by atoms with Crippen LogP contribution in [0.3, 0.4) is 0 Å². The number of hydrogen-bond acceptors (Lipinski definition) is 3. The van der Waals surface area contributed by atoms with Crippen molar-refractivity contribution < 1.29 is 9.59 Å². The standard InChI is InChI=1S/C19H27N3O2/c1-16-7-4-8-17(15-16)19(24)22-12-6-11-21(13-14-22)18(23)9-5-10-20(2)3/h4-5,7-9,15H,6,10-14H2,1-3H3/b9-5+. The second-order valence-electron chi connectivity index (χ2n) is 6.51. The zero-order valence-corrected chi connectivity index (χ0v) is 14.9. The number of carbonyl (C=O) groups is 2. The molecule has 1 aliphatic heterocycles. The van der Waals surface area contributed by atoms with Gasteiger partial charge in [-0.1, -0.05) is 23.8 Å². The Hall–Kier alpha value is -2.14. The van der Waals surface area contributed by atoms with E-state index in [1.807, 2.05) is 66.1 Å². The molecule has 0 unspecified atom stereocenters. The highest BCUT2D eigenvalue weighted by atomic mass is 16.2. The van der Waals surface area contributed by atoms with Gasteiger partial charge in [-0.3, -0.25) is 9.59 Å². The summed E-state index contributed by atoms with van der Waals surface area (Å²) < 4.78 is 0. The molecule has 1 saturated heterocycles. The molecule has 1 fully saturated rings. The summed E-state index contributed by atoms with van der Waals surface area (Å²) in [5, 5.41) is 0. The highest BCUT2D eigenvalue weighted by molar-refractivity contribution is 5.94. The van der Waals surface area contributed by atoms with E-state index >= 15 is 0 Å². The Kier molecular flexibility index (Phi) is 6.55. The van der Waals surface area contributed by atoms with Crippen LogP contribution >= 0.6 is 0 Å². The second-order valence-corrected chi connectivity index (χ2v) is 6.51. The summed E-state index contributed by atoms with van der Waals surface area (Å²) in [5.41, 5.74) is 1.80. The van der Waals surface area contributed by atoms with Gasteiger partial charge in [0.25, 0.3) is 5.91 Å². The molecule has 1 aromatic carbocycles. The summed E-state index contributed by atoms with van der Waals surface area (Å²) >= 11 is 0. The molecule has 24 heavy (non-hydrogen) atoms. The maximum Gasteiger partial charge on any atom is 0.253 e. The molecule has 0 bridgehead atoms. The summed E-state index contributed by atoms with van der Waals surface area (Å²) in [6.07, 6.45) is 4.33. The van der Waals surface area contributed by atoms with E-state index in [0.717, 1.165) is 24.1 Å². The van der Waals surface area contributed by atoms with Crippen LogP contribution in [0.15, 0.2) is 36.4 Å². The van der Waals surface area contributed by atoms with Crippen molar-refractivity contribution in [3.63, 3.8) is 0 Å². The monoisotopic (exact) mass is 329 g/mol. The minimum absolute atomic E-state index is 0.0294. The van der Waals surface area contributed by atoms with Crippen molar-refractivity contribution in [1.29, 1.82) is 0 Å². The number of aryl methyl sites for hydroxylation is 1. The average molecular weight is 329 g/mol. The van der Waals surface area contributed by atoms with Gasteiger partial charge in [-0.05, 0) is 39.6 Å². The Morgan fingerprint density at radius 3 is 2.54 bits per heavy atom. The van der Waals surface area contributed by atoms with E-state index in [1.165, 1.54) is 0 Å². The van der Waals surface area contributed by atoms with Gasteiger partial charge in [-0.2, -0.15) is 0 Å². The number of nitrogens with zero attached hydrogens (tertiary/aromatic N) is 3. The predicted molar refractivity (Wildman–Crippen MR) is 96.0 cm³/mol. The molecule has 0 radical (unpaired) electrons. The highest BCUT2D eigenvalue weighted by Gasteiger charge is 2.21. The van der Waals surface area contributed by atoms with Crippen LogP contribution in [0.1, 0.15) is 22.3 Å². The molecule has 5 heteroatoms. The molecule has 1 aliphatic rings. The Labute approximate surface area is 144 Å². The van der Waals surface area contributed by atoms with Crippen molar-refractivity contribution in [3.05, 3.63) is 47.5 Å². The van der Waals surface area contributed by atoms with Crippen molar-refractivity contribution in [2.75, 3.05) is 46.8 Å². The molecule has 0 aromatic heterocycles. The molecule has 1 aromatic rings. The molecule has 2 rings (SSSR count). The van der Waals surface area contributed by atoms with E-state index in [0.29, 0.717) is 26.2 Å². The zero-order chi connectivity index (χ0) is 17.5. The van der Waals surface area contributed by atoms with E-state index in [2.05, 4.69) is 0 Å². The highest BCUT2D eigenvalue weighted by Crippen LogP contribution is 2.11. The van der Waals surface area contributed by atoms with Crippen LogP contribution in [-0.2, 0) is 4.79 Å². The van der Waals surface area contributed by atoms with Crippen LogP contribution in [0, 0.1) is 6.92 Å². The molecule has 0 atom stereocenters. The van der Waals surface area contributed by atoms with Crippen molar-refractivity contribution in [2.45, 2.75) is 13.3 Å². The Bertz CT molecular complexity index is 610. The van der Waals surface area contributed by atoms with Crippen LogP contribution in [-0.4, -0.2) is 73.3 Å². The third-order valence-corrected chi connectivity index (χ3v) is 4.09. The van der Waals surface area contributed by atoms with Gasteiger partial charge in [0.15, 0.2) is 0 Å². The lowest BCUT2D eigenvalue weighted by molar-refractivity contribution is -0.125. The Balaban J connectivity index is 1.93. The number of rotatable bonds is 4. The molecule has 5 nitrogen and oxygen atoms in total. The number of benzene rings is 1. The second kappa shape index (κ2) is 8.64. The van der Waals surface area contributed by atoms with Gasteiger partial charge >= 0.3 is 0 Å². The third kappa shape index (κ3) is 5.20. The molecule has 0 saturated carbocycles. The van der Waals surface area contributed by atoms with Crippen LogP contribution in [0.4, 0.5) is 0 Å². The van der Waals surface area contributed by atoms with Crippen LogP contribution < -0.4 is 0 Å². The van der Waals surface area contributed by atoms with E-state index in [9.17, 15) is 9.59 Å². The lowest BCUT2D eigenvalue weighted by atomic mass is 10.1. The van der Waals surface area contributed by atoms with Gasteiger partial charge in [0.05, 0.1) is 0 Å². The van der Waals surface area contributed by atoms with Gasteiger partial charge < -0.3 is 14.7 Å². The lowest BCUT2D eigenvalue weighted by Crippen LogP contribution is -2.36. The van der Waals surface area contributed by atoms with E-state index in [4.69, 9.17) is 0 Å². The van der Waals surface area contributed by atoms with Gasteiger partial charge in [0.1, 0.15) is 0 Å². The molecule has 1 heterocycles. The first-order chi connectivity index (χ1) is 11.5. The van der Waals surface area contributed by atoms with Crippen molar-refractivity contribution in [1.82, 2.24) is 14.7 Å². The van der Waals surface area contributed by atoms with E-state index in [-0.39, 0.29) is 11.8 Å². The number of likely N-dealkylation sites (N-methyl/N-ethyl adjacent to an activating group) is 1. The number of hydrogen-bond donors (Lipinski definition) is 0. The first-order valence-electron chi connectivity index (χ1n) is 8.43. The first-order valence-corrected chi connectivity index (χ1v) is 8.43. The Morgan fingerprint density at radius 1 is 1.12 bits per heavy atom. The predicted octanol–water partition coefficient (Wildman–Crippen LogP) is 1.79. The Morgan fingerprint density at radius 2 is 1.83 bits per heavy atom. The summed E-state index contributed by atoms with van der Waals surface area (Å²) in [6, 6.07) is 7.67. The molecule has 130 valence electrons. The van der Waals surface area contributed by atoms with Crippen LogP contribution in [0.25, 0.3) is 0 Å². The minimum Gasteiger partial charge on any atom is -0.337 e. The van der Waals surface area contributed by atoms with Crippen molar-refractivity contribution >= 4 is 11.8 Å². The lowest BCUT2D eigenvalue weighted by Gasteiger charge is -2.21. The first kappa shape index (κ1) is 18.2. The van der Waals surface area contributed by atoms with Crippen LogP contribution in [0.5, 0.6) is 0 Å². The minimum atomic E-state index is 0.0294. The molecule has 0 N–H and O–H groups in total. The fraction of sp³-hybridized carbons (Fsp3) is 0.474. The average Bonchev–Trinajstić information content (AvgIpc) is 2.80. The normalized spacial score (nSPS) is 15.8. The maximum absolute atomic E-state index is 12.6. The van der Waals surface area contributed by atoms with Crippen molar-refractivity contribution in [3.8, 4) is 0 Å². The molecule has 0 spiro atoms. The molecule has 2 amide bonds. The SMILES string of the molecule is Cc1cccc(C(=O)N2CCCN(C(=O)/C=C/CN(C)C)CC2)c1. The molecular formula is C19H27N3O2. The molecule has 0 aliphatic carbocycles. The van der Waals surface area contributed by atoms with Gasteiger partial charge in [0.2, 0.25) is 5.91 Å². The summed E-state index contributed by atoms with van der Waals surface area (Å²) in [7, 11) is 3.94. The maximum atomic E-state index is 12.6. The summed E-state index contributed by atoms with van der Waals surface area (Å²) in [6.45, 7) is 5.29. The van der Waals surface area contributed by atoms with Crippen molar-refractivity contribution in [2.24, 2.45) is 0 Å². The topological polar surface area (TPSA) is 43.9 Å². The summed E-state index contributed by atoms with van der Waals surface area (Å²) in [5.74, 6) is 0.0813. The zero-order valence-electron chi connectivity index (χ0n) is 14.9. The molecular weight excluding hydrogens is 302 g/mol. The van der Waals surface area contributed by atoms with Gasteiger partial charge in [0, 0.05) is 44.4 Å². The number of amides is 2. The fourth-order valence-corrected chi connectivity index (χ4v) is 2.77. The fourth-order valence-electron chi connectivity index (χ4n) is 2.77. The number of carbonyl (C=O) groups excluding carboxylic acids is 2. The van der Waals surface area contributed by atoms with E-state index < -0.39 is 0 Å².